The maximum absolute atomic E-state index is 12.9. The van der Waals surface area contributed by atoms with Crippen molar-refractivity contribution in [2.24, 2.45) is 0 Å². The summed E-state index contributed by atoms with van der Waals surface area (Å²) in [6, 6.07) is 6.36. The molecule has 1 unspecified atom stereocenters. The molecule has 5 heteroatoms. The Bertz CT molecular complexity index is 568. The molecular weight excluding hydrogens is 259 g/mol. The van der Waals surface area contributed by atoms with E-state index in [0.717, 1.165) is 24.9 Å². The van der Waals surface area contributed by atoms with Crippen molar-refractivity contribution in [2.75, 3.05) is 13.2 Å². The molecular formula is C15H17FN2O2. The number of rotatable bonds is 4. The van der Waals surface area contributed by atoms with Crippen LogP contribution in [0.2, 0.25) is 0 Å². The Kier molecular flexibility index (Phi) is 3.80. The molecule has 0 spiro atoms. The number of hydrogen-bond acceptors (Lipinski definition) is 4. The van der Waals surface area contributed by atoms with Gasteiger partial charge in [-0.2, -0.15) is 0 Å². The maximum Gasteiger partial charge on any atom is 0.209 e. The number of aliphatic hydroxyl groups is 1. The van der Waals surface area contributed by atoms with E-state index in [1.807, 2.05) is 0 Å². The molecule has 1 aromatic carbocycles. The monoisotopic (exact) mass is 276 g/mol. The fourth-order valence-corrected chi connectivity index (χ4v) is 2.61. The van der Waals surface area contributed by atoms with Crippen LogP contribution in [0.4, 0.5) is 4.39 Å². The molecule has 1 atom stereocenters. The first-order chi connectivity index (χ1) is 9.76. The first kappa shape index (κ1) is 13.3. The Labute approximate surface area is 116 Å². The van der Waals surface area contributed by atoms with E-state index in [4.69, 9.17) is 4.42 Å². The quantitative estimate of drug-likeness (QED) is 0.932. The average molecular weight is 276 g/mol. The summed E-state index contributed by atoms with van der Waals surface area (Å²) in [5, 5.41) is 9.30. The van der Waals surface area contributed by atoms with Crippen LogP contribution in [0.25, 0.3) is 11.3 Å². The molecule has 106 valence electrons. The molecule has 1 saturated heterocycles. The molecule has 3 rings (SSSR count). The number of benzene rings is 1. The zero-order valence-corrected chi connectivity index (χ0v) is 11.1. The maximum atomic E-state index is 12.9. The van der Waals surface area contributed by atoms with Gasteiger partial charge in [0.1, 0.15) is 5.82 Å². The van der Waals surface area contributed by atoms with Gasteiger partial charge in [0.25, 0.3) is 0 Å². The minimum absolute atomic E-state index is 0.172. The van der Waals surface area contributed by atoms with Crippen LogP contribution >= 0.6 is 0 Å². The molecule has 4 nitrogen and oxygen atoms in total. The Morgan fingerprint density at radius 2 is 2.15 bits per heavy atom. The molecule has 1 fully saturated rings. The van der Waals surface area contributed by atoms with Gasteiger partial charge in [0.2, 0.25) is 5.89 Å². The van der Waals surface area contributed by atoms with Crippen LogP contribution in [-0.2, 0) is 6.54 Å². The third-order valence-corrected chi connectivity index (χ3v) is 3.73. The molecule has 1 N–H and O–H groups in total. The molecule has 20 heavy (non-hydrogen) atoms. The van der Waals surface area contributed by atoms with Crippen LogP contribution < -0.4 is 0 Å². The number of likely N-dealkylation sites (tertiary alicyclic amines) is 1. The molecule has 2 aromatic rings. The lowest BCUT2D eigenvalue weighted by Crippen LogP contribution is -2.31. The molecule has 0 saturated carbocycles. The summed E-state index contributed by atoms with van der Waals surface area (Å²) in [6.45, 7) is 1.73. The largest absolute Gasteiger partial charge is 0.439 e. The highest BCUT2D eigenvalue weighted by Gasteiger charge is 2.25. The van der Waals surface area contributed by atoms with Crippen LogP contribution in [0.3, 0.4) is 0 Å². The highest BCUT2D eigenvalue weighted by atomic mass is 19.1. The minimum atomic E-state index is -0.267. The van der Waals surface area contributed by atoms with E-state index in [1.165, 1.54) is 12.1 Å². The van der Waals surface area contributed by atoms with Gasteiger partial charge in [-0.05, 0) is 43.7 Å². The van der Waals surface area contributed by atoms with Gasteiger partial charge >= 0.3 is 0 Å². The predicted molar refractivity (Wildman–Crippen MR) is 72.4 cm³/mol. The van der Waals surface area contributed by atoms with Crippen molar-refractivity contribution in [2.45, 2.75) is 25.4 Å². The normalized spacial score (nSPS) is 19.6. The molecule has 1 aromatic heterocycles. The van der Waals surface area contributed by atoms with Gasteiger partial charge in [0.05, 0.1) is 19.3 Å². The lowest BCUT2D eigenvalue weighted by atomic mass is 10.2. The van der Waals surface area contributed by atoms with E-state index < -0.39 is 0 Å². The SMILES string of the molecule is OCC1CCCN1Cc1ncc(-c2ccc(F)cc2)o1. The van der Waals surface area contributed by atoms with Gasteiger partial charge in [0, 0.05) is 11.6 Å². The standard InChI is InChI=1S/C15H17FN2O2/c16-12-5-3-11(4-6-12)14-8-17-15(20-14)9-18-7-1-2-13(18)10-19/h3-6,8,13,19H,1-2,7,9-10H2. The van der Waals surface area contributed by atoms with E-state index in [2.05, 4.69) is 9.88 Å². The van der Waals surface area contributed by atoms with Gasteiger partial charge in [0.15, 0.2) is 5.76 Å². The lowest BCUT2D eigenvalue weighted by molar-refractivity contribution is 0.144. The fraction of sp³-hybridized carbons (Fsp3) is 0.400. The van der Waals surface area contributed by atoms with Crippen LogP contribution in [-0.4, -0.2) is 34.2 Å². The molecule has 0 radical (unpaired) electrons. The van der Waals surface area contributed by atoms with Gasteiger partial charge < -0.3 is 9.52 Å². The van der Waals surface area contributed by atoms with E-state index in [-0.39, 0.29) is 18.5 Å². The number of oxazole rings is 1. The van der Waals surface area contributed by atoms with Crippen LogP contribution in [0.15, 0.2) is 34.9 Å². The Balaban J connectivity index is 1.72. The molecule has 0 bridgehead atoms. The highest BCUT2D eigenvalue weighted by Crippen LogP contribution is 2.23. The van der Waals surface area contributed by atoms with Crippen LogP contribution in [0.5, 0.6) is 0 Å². The third kappa shape index (κ3) is 2.73. The summed E-state index contributed by atoms with van der Waals surface area (Å²) in [5.41, 5.74) is 0.810. The molecule has 2 heterocycles. The summed E-state index contributed by atoms with van der Waals surface area (Å²) in [5.74, 6) is 1.00. The summed E-state index contributed by atoms with van der Waals surface area (Å²) in [7, 11) is 0. The summed E-state index contributed by atoms with van der Waals surface area (Å²) in [4.78, 5) is 6.44. The predicted octanol–water partition coefficient (Wildman–Crippen LogP) is 2.44. The van der Waals surface area contributed by atoms with Crippen molar-refractivity contribution in [1.29, 1.82) is 0 Å². The Morgan fingerprint density at radius 1 is 1.35 bits per heavy atom. The van der Waals surface area contributed by atoms with Crippen LogP contribution in [0.1, 0.15) is 18.7 Å². The second-order valence-electron chi connectivity index (χ2n) is 5.07. The topological polar surface area (TPSA) is 49.5 Å². The van der Waals surface area contributed by atoms with E-state index in [9.17, 15) is 9.50 Å². The number of nitrogens with zero attached hydrogens (tertiary/aromatic N) is 2. The van der Waals surface area contributed by atoms with Gasteiger partial charge in [-0.15, -0.1) is 0 Å². The number of aromatic nitrogens is 1. The molecule has 0 amide bonds. The number of hydrogen-bond donors (Lipinski definition) is 1. The highest BCUT2D eigenvalue weighted by molar-refractivity contribution is 5.55. The van der Waals surface area contributed by atoms with Crippen molar-refractivity contribution in [3.05, 3.63) is 42.2 Å². The first-order valence-electron chi connectivity index (χ1n) is 6.82. The summed E-state index contributed by atoms with van der Waals surface area (Å²) < 4.78 is 18.6. The summed E-state index contributed by atoms with van der Waals surface area (Å²) >= 11 is 0. The zero-order valence-electron chi connectivity index (χ0n) is 11.1. The van der Waals surface area contributed by atoms with Crippen LogP contribution in [0, 0.1) is 5.82 Å². The van der Waals surface area contributed by atoms with E-state index >= 15 is 0 Å². The minimum Gasteiger partial charge on any atom is -0.439 e. The van der Waals surface area contributed by atoms with E-state index in [1.54, 1.807) is 18.3 Å². The van der Waals surface area contributed by atoms with Crippen molar-refractivity contribution < 1.29 is 13.9 Å². The summed E-state index contributed by atoms with van der Waals surface area (Å²) in [6.07, 6.45) is 3.77. The molecule has 1 aliphatic heterocycles. The zero-order chi connectivity index (χ0) is 13.9. The smallest absolute Gasteiger partial charge is 0.209 e. The fourth-order valence-electron chi connectivity index (χ4n) is 2.61. The second kappa shape index (κ2) is 5.73. The third-order valence-electron chi connectivity index (χ3n) is 3.73. The molecule has 1 aliphatic rings. The second-order valence-corrected chi connectivity index (χ2v) is 5.07. The van der Waals surface area contributed by atoms with Gasteiger partial charge in [-0.1, -0.05) is 0 Å². The van der Waals surface area contributed by atoms with Crippen molar-refractivity contribution in [3.63, 3.8) is 0 Å². The Morgan fingerprint density at radius 3 is 2.90 bits per heavy atom. The first-order valence-corrected chi connectivity index (χ1v) is 6.82. The van der Waals surface area contributed by atoms with Gasteiger partial charge in [-0.25, -0.2) is 9.37 Å². The van der Waals surface area contributed by atoms with Crippen molar-refractivity contribution in [1.82, 2.24) is 9.88 Å². The van der Waals surface area contributed by atoms with Crippen molar-refractivity contribution in [3.8, 4) is 11.3 Å². The number of halogens is 1. The van der Waals surface area contributed by atoms with Gasteiger partial charge in [-0.3, -0.25) is 4.90 Å². The average Bonchev–Trinajstić information content (AvgIpc) is 3.09. The Hall–Kier alpha value is -1.72. The lowest BCUT2D eigenvalue weighted by Gasteiger charge is -2.20. The van der Waals surface area contributed by atoms with E-state index in [0.29, 0.717) is 18.2 Å². The molecule has 0 aliphatic carbocycles. The number of aliphatic hydroxyl groups excluding tert-OH is 1. The van der Waals surface area contributed by atoms with Crippen molar-refractivity contribution >= 4 is 0 Å².